The number of aliphatic imine (C=N–C) groups is 1. The van der Waals surface area contributed by atoms with E-state index in [-0.39, 0.29) is 5.91 Å². The fourth-order valence-corrected chi connectivity index (χ4v) is 5.07. The van der Waals surface area contributed by atoms with Crippen LogP contribution < -0.4 is 5.32 Å². The average molecular weight is 527 g/mol. The van der Waals surface area contributed by atoms with E-state index in [1.54, 1.807) is 12.1 Å². The molecular formula is C26H18Cl3N3OS. The summed E-state index contributed by atoms with van der Waals surface area (Å²) < 4.78 is 2.14. The van der Waals surface area contributed by atoms with Crippen molar-refractivity contribution >= 4 is 80.3 Å². The lowest BCUT2D eigenvalue weighted by atomic mass is 10.1. The summed E-state index contributed by atoms with van der Waals surface area (Å²) in [6.07, 6.45) is 3.95. The molecule has 1 aliphatic heterocycles. The standard InChI is InChI=1S/C26H18Cl3N3OS/c1-15-6-8-18(12-21(15)28)30-26-31-25(33)24(34-26)11-17-14-32(23-5-3-2-4-19(17)23)13-16-7-9-20(27)22(29)10-16/h2-12,14H,13H2,1H3,(H,30,31,33)/b24-11-. The molecule has 4 aromatic rings. The first-order valence-corrected chi connectivity index (χ1v) is 12.4. The van der Waals surface area contributed by atoms with Gasteiger partial charge < -0.3 is 9.88 Å². The second-order valence-electron chi connectivity index (χ2n) is 7.89. The summed E-state index contributed by atoms with van der Waals surface area (Å²) in [6, 6.07) is 19.3. The molecule has 0 aliphatic carbocycles. The molecule has 1 aromatic heterocycles. The van der Waals surface area contributed by atoms with Gasteiger partial charge in [-0.05, 0) is 66.2 Å². The Labute approximate surface area is 216 Å². The monoisotopic (exact) mass is 525 g/mol. The van der Waals surface area contributed by atoms with Crippen molar-refractivity contribution in [2.45, 2.75) is 13.5 Å². The predicted octanol–water partition coefficient (Wildman–Crippen LogP) is 7.85. The number of carbonyl (C=O) groups excluding carboxylic acids is 1. The number of aryl methyl sites for hydroxylation is 1. The number of hydrogen-bond acceptors (Lipinski definition) is 3. The molecule has 4 nitrogen and oxygen atoms in total. The van der Waals surface area contributed by atoms with E-state index in [2.05, 4.69) is 20.9 Å². The summed E-state index contributed by atoms with van der Waals surface area (Å²) in [5, 5.41) is 6.12. The van der Waals surface area contributed by atoms with E-state index in [0.29, 0.717) is 37.4 Å². The van der Waals surface area contributed by atoms with Crippen molar-refractivity contribution in [3.8, 4) is 0 Å². The zero-order valence-corrected chi connectivity index (χ0v) is 21.1. The Hall–Kier alpha value is -2.70. The molecule has 34 heavy (non-hydrogen) atoms. The molecule has 0 saturated carbocycles. The van der Waals surface area contributed by atoms with E-state index in [1.165, 1.54) is 11.8 Å². The molecule has 0 unspecified atom stereocenters. The maximum absolute atomic E-state index is 12.7. The number of rotatable bonds is 4. The van der Waals surface area contributed by atoms with Gasteiger partial charge in [-0.1, -0.05) is 65.1 Å². The molecule has 1 N–H and O–H groups in total. The predicted molar refractivity (Wildman–Crippen MR) is 144 cm³/mol. The number of benzene rings is 3. The molecule has 1 fully saturated rings. The Morgan fingerprint density at radius 1 is 1.00 bits per heavy atom. The van der Waals surface area contributed by atoms with Crippen LogP contribution in [-0.2, 0) is 11.3 Å². The van der Waals surface area contributed by atoms with Crippen LogP contribution in [0.5, 0.6) is 0 Å². The van der Waals surface area contributed by atoms with E-state index in [4.69, 9.17) is 34.8 Å². The Morgan fingerprint density at radius 3 is 2.62 bits per heavy atom. The fraction of sp³-hybridized carbons (Fsp3) is 0.0769. The topological polar surface area (TPSA) is 46.4 Å². The molecule has 0 spiro atoms. The number of amides is 1. The van der Waals surface area contributed by atoms with Crippen LogP contribution >= 0.6 is 46.6 Å². The number of nitrogens with one attached hydrogen (secondary N) is 1. The van der Waals surface area contributed by atoms with Crippen LogP contribution in [-0.4, -0.2) is 15.6 Å². The largest absolute Gasteiger partial charge is 0.342 e. The Kier molecular flexibility index (Phi) is 6.45. The molecule has 3 aromatic carbocycles. The maximum Gasteiger partial charge on any atom is 0.264 e. The number of aromatic nitrogens is 1. The second kappa shape index (κ2) is 9.51. The fourth-order valence-electron chi connectivity index (χ4n) is 3.75. The Morgan fingerprint density at radius 2 is 1.82 bits per heavy atom. The maximum atomic E-state index is 12.7. The van der Waals surface area contributed by atoms with Crippen molar-refractivity contribution in [1.82, 2.24) is 9.88 Å². The number of halogens is 3. The highest BCUT2D eigenvalue weighted by atomic mass is 35.5. The first-order chi connectivity index (χ1) is 16.4. The zero-order valence-electron chi connectivity index (χ0n) is 18.0. The van der Waals surface area contributed by atoms with Crippen LogP contribution in [0.3, 0.4) is 0 Å². The minimum atomic E-state index is -0.178. The number of thioether (sulfide) groups is 1. The molecular weight excluding hydrogens is 509 g/mol. The van der Waals surface area contributed by atoms with Gasteiger partial charge in [0.2, 0.25) is 0 Å². The van der Waals surface area contributed by atoms with Gasteiger partial charge in [-0.25, -0.2) is 4.99 Å². The lowest BCUT2D eigenvalue weighted by molar-refractivity contribution is -0.115. The first-order valence-electron chi connectivity index (χ1n) is 10.4. The summed E-state index contributed by atoms with van der Waals surface area (Å²) in [7, 11) is 0. The van der Waals surface area contributed by atoms with Crippen LogP contribution in [0.25, 0.3) is 17.0 Å². The van der Waals surface area contributed by atoms with Crippen molar-refractivity contribution in [3.05, 3.63) is 104 Å². The van der Waals surface area contributed by atoms with E-state index in [0.717, 1.165) is 27.6 Å². The van der Waals surface area contributed by atoms with Gasteiger partial charge >= 0.3 is 0 Å². The Bertz CT molecular complexity index is 1510. The molecule has 5 rings (SSSR count). The summed E-state index contributed by atoms with van der Waals surface area (Å²) in [4.78, 5) is 17.8. The normalized spacial score (nSPS) is 16.1. The van der Waals surface area contributed by atoms with Gasteiger partial charge in [-0.3, -0.25) is 4.79 Å². The summed E-state index contributed by atoms with van der Waals surface area (Å²) in [5.74, 6) is -0.178. The molecule has 170 valence electrons. The van der Waals surface area contributed by atoms with Crippen molar-refractivity contribution in [3.63, 3.8) is 0 Å². The third kappa shape index (κ3) is 4.75. The van der Waals surface area contributed by atoms with Gasteiger partial charge in [0.1, 0.15) is 0 Å². The van der Waals surface area contributed by atoms with Crippen LogP contribution in [0.15, 0.2) is 76.8 Å². The lowest BCUT2D eigenvalue weighted by Crippen LogP contribution is -2.19. The van der Waals surface area contributed by atoms with Gasteiger partial charge in [0.15, 0.2) is 5.17 Å². The van der Waals surface area contributed by atoms with Gasteiger partial charge in [0.25, 0.3) is 5.91 Å². The van der Waals surface area contributed by atoms with E-state index in [9.17, 15) is 4.79 Å². The van der Waals surface area contributed by atoms with E-state index < -0.39 is 0 Å². The van der Waals surface area contributed by atoms with Gasteiger partial charge in [-0.15, -0.1) is 0 Å². The molecule has 0 atom stereocenters. The summed E-state index contributed by atoms with van der Waals surface area (Å²) in [5.41, 5.74) is 4.72. The summed E-state index contributed by atoms with van der Waals surface area (Å²) >= 11 is 19.8. The highest BCUT2D eigenvalue weighted by Gasteiger charge is 2.24. The molecule has 0 bridgehead atoms. The zero-order chi connectivity index (χ0) is 23.8. The number of carbonyl (C=O) groups is 1. The van der Waals surface area contributed by atoms with Crippen LogP contribution in [0.2, 0.25) is 15.1 Å². The summed E-state index contributed by atoms with van der Waals surface area (Å²) in [6.45, 7) is 2.56. The van der Waals surface area contributed by atoms with Gasteiger partial charge in [-0.2, -0.15) is 0 Å². The molecule has 2 heterocycles. The third-order valence-electron chi connectivity index (χ3n) is 5.48. The quantitative estimate of drug-likeness (QED) is 0.275. The molecule has 1 saturated heterocycles. The highest BCUT2D eigenvalue weighted by Crippen LogP contribution is 2.32. The van der Waals surface area contributed by atoms with Crippen LogP contribution in [0.4, 0.5) is 5.69 Å². The number of amidine groups is 1. The van der Waals surface area contributed by atoms with Crippen molar-refractivity contribution in [2.75, 3.05) is 0 Å². The van der Waals surface area contributed by atoms with E-state index in [1.807, 2.05) is 61.7 Å². The van der Waals surface area contributed by atoms with Gasteiger partial charge in [0, 0.05) is 34.2 Å². The smallest absolute Gasteiger partial charge is 0.264 e. The van der Waals surface area contributed by atoms with Crippen molar-refractivity contribution < 1.29 is 4.79 Å². The molecule has 1 aliphatic rings. The van der Waals surface area contributed by atoms with E-state index >= 15 is 0 Å². The van der Waals surface area contributed by atoms with Gasteiger partial charge in [0.05, 0.1) is 20.6 Å². The van der Waals surface area contributed by atoms with Crippen molar-refractivity contribution in [1.29, 1.82) is 0 Å². The number of fused-ring (bicyclic) bond motifs is 1. The third-order valence-corrected chi connectivity index (χ3v) is 7.54. The lowest BCUT2D eigenvalue weighted by Gasteiger charge is -2.06. The minimum Gasteiger partial charge on any atom is -0.342 e. The number of para-hydroxylation sites is 1. The SMILES string of the molecule is Cc1ccc(N=C2NC(=O)/C(=C/c3cn(Cc4ccc(Cl)c(Cl)c4)c4ccccc34)S2)cc1Cl. The highest BCUT2D eigenvalue weighted by molar-refractivity contribution is 8.18. The van der Waals surface area contributed by atoms with Crippen molar-refractivity contribution in [2.24, 2.45) is 4.99 Å². The minimum absolute atomic E-state index is 0.178. The Balaban J connectivity index is 1.46. The average Bonchev–Trinajstić information content (AvgIpc) is 3.33. The molecule has 8 heteroatoms. The number of hydrogen-bond donors (Lipinski definition) is 1. The number of nitrogens with zero attached hydrogens (tertiary/aromatic N) is 2. The molecule has 0 radical (unpaired) electrons. The van der Waals surface area contributed by atoms with Crippen LogP contribution in [0.1, 0.15) is 16.7 Å². The molecule has 1 amide bonds. The first kappa shape index (κ1) is 23.1. The second-order valence-corrected chi connectivity index (χ2v) is 10.1. The van der Waals surface area contributed by atoms with Crippen LogP contribution in [0, 0.1) is 6.92 Å².